The van der Waals surface area contributed by atoms with Gasteiger partial charge in [0.25, 0.3) is 0 Å². The molecule has 0 aromatic rings. The monoisotopic (exact) mass is 122 g/mol. The van der Waals surface area contributed by atoms with Crippen LogP contribution in [0.15, 0.2) is 12.0 Å². The quantitative estimate of drug-likeness (QED) is 0.408. The summed E-state index contributed by atoms with van der Waals surface area (Å²) >= 11 is 6.95. The first-order valence-electron chi connectivity index (χ1n) is 1.70. The molecule has 6 heavy (non-hydrogen) atoms. The van der Waals surface area contributed by atoms with Gasteiger partial charge in [-0.25, -0.2) is 0 Å². The summed E-state index contributed by atoms with van der Waals surface area (Å²) in [6, 6.07) is 0. The highest BCUT2D eigenvalue weighted by atomic mass is 35.5. The summed E-state index contributed by atoms with van der Waals surface area (Å²) < 4.78 is 0. The number of hydrogen-bond donors (Lipinski definition) is 0. The number of halogens is 1. The molecule has 0 aromatic carbocycles. The standard InChI is InChI=1S/C4H7ClS/c1-2-6-4-3-5/h2H,1,3-4H2. The Morgan fingerprint density at radius 2 is 2.50 bits per heavy atom. The average Bonchev–Trinajstić information content (AvgIpc) is 1.61. The van der Waals surface area contributed by atoms with Crippen LogP contribution in [0.3, 0.4) is 0 Å². The predicted octanol–water partition coefficient (Wildman–Crippen LogP) is 2.10. The van der Waals surface area contributed by atoms with Crippen molar-refractivity contribution in [3.63, 3.8) is 0 Å². The van der Waals surface area contributed by atoms with E-state index < -0.39 is 0 Å². The van der Waals surface area contributed by atoms with Gasteiger partial charge in [-0.3, -0.25) is 0 Å². The molecule has 0 aromatic heterocycles. The molecular formula is C4H7ClS. The maximum absolute atomic E-state index is 5.31. The summed E-state index contributed by atoms with van der Waals surface area (Å²) in [6.07, 6.45) is 0. The van der Waals surface area contributed by atoms with E-state index in [-0.39, 0.29) is 0 Å². The largest absolute Gasteiger partial charge is 0.134 e. The molecule has 0 saturated carbocycles. The Labute approximate surface area is 47.6 Å². The van der Waals surface area contributed by atoms with Crippen molar-refractivity contribution in [2.45, 2.75) is 0 Å². The number of rotatable bonds is 3. The van der Waals surface area contributed by atoms with Gasteiger partial charge in [0.05, 0.1) is 0 Å². The highest BCUT2D eigenvalue weighted by molar-refractivity contribution is 8.02. The van der Waals surface area contributed by atoms with Crippen LogP contribution >= 0.6 is 23.4 Å². The molecular weight excluding hydrogens is 116 g/mol. The third-order valence-corrected chi connectivity index (χ3v) is 1.40. The molecule has 2 heteroatoms. The molecule has 0 radical (unpaired) electrons. The van der Waals surface area contributed by atoms with E-state index in [9.17, 15) is 0 Å². The molecule has 0 bridgehead atoms. The minimum absolute atomic E-state index is 0.719. The van der Waals surface area contributed by atoms with Crippen LogP contribution in [-0.2, 0) is 0 Å². The molecule has 36 valence electrons. The van der Waals surface area contributed by atoms with E-state index in [1.165, 1.54) is 0 Å². The van der Waals surface area contributed by atoms with Crippen molar-refractivity contribution in [2.75, 3.05) is 11.6 Å². The van der Waals surface area contributed by atoms with E-state index in [4.69, 9.17) is 11.6 Å². The highest BCUT2D eigenvalue weighted by Crippen LogP contribution is 1.98. The Bertz CT molecular complexity index is 36.5. The Morgan fingerprint density at radius 1 is 1.83 bits per heavy atom. The van der Waals surface area contributed by atoms with Crippen molar-refractivity contribution < 1.29 is 0 Å². The molecule has 0 N–H and O–H groups in total. The van der Waals surface area contributed by atoms with Gasteiger partial charge in [-0.05, 0) is 5.41 Å². The molecule has 0 atom stereocenters. The first kappa shape index (κ1) is 6.38. The van der Waals surface area contributed by atoms with Crippen molar-refractivity contribution in [2.24, 2.45) is 0 Å². The summed E-state index contributed by atoms with van der Waals surface area (Å²) in [5.74, 6) is 1.70. The summed E-state index contributed by atoms with van der Waals surface area (Å²) in [5, 5.41) is 1.79. The molecule has 0 rings (SSSR count). The molecule has 0 spiro atoms. The van der Waals surface area contributed by atoms with Gasteiger partial charge < -0.3 is 0 Å². The maximum Gasteiger partial charge on any atom is 0.0317 e. The minimum atomic E-state index is 0.719. The lowest BCUT2D eigenvalue weighted by atomic mass is 11.0. The normalized spacial score (nSPS) is 8.17. The molecule has 0 fully saturated rings. The second-order valence-corrected chi connectivity index (χ2v) is 2.18. The van der Waals surface area contributed by atoms with Gasteiger partial charge in [-0.1, -0.05) is 6.58 Å². The zero-order chi connectivity index (χ0) is 4.83. The fraction of sp³-hybridized carbons (Fsp3) is 0.500. The van der Waals surface area contributed by atoms with Gasteiger partial charge >= 0.3 is 0 Å². The molecule has 0 aliphatic carbocycles. The van der Waals surface area contributed by atoms with Crippen molar-refractivity contribution in [3.8, 4) is 0 Å². The number of hydrogen-bond acceptors (Lipinski definition) is 1. The zero-order valence-electron chi connectivity index (χ0n) is 3.48. The van der Waals surface area contributed by atoms with Crippen LogP contribution in [0.1, 0.15) is 0 Å². The van der Waals surface area contributed by atoms with Gasteiger partial charge in [0, 0.05) is 11.6 Å². The van der Waals surface area contributed by atoms with E-state index in [1.54, 1.807) is 17.2 Å². The first-order valence-corrected chi connectivity index (χ1v) is 3.28. The predicted molar refractivity (Wildman–Crippen MR) is 33.4 cm³/mol. The summed E-state index contributed by atoms with van der Waals surface area (Å²) in [6.45, 7) is 3.50. The second-order valence-electron chi connectivity index (χ2n) is 0.726. The lowest BCUT2D eigenvalue weighted by Crippen LogP contribution is -1.70. The van der Waals surface area contributed by atoms with E-state index in [1.807, 2.05) is 0 Å². The average molecular weight is 123 g/mol. The molecule has 0 aliphatic heterocycles. The van der Waals surface area contributed by atoms with Crippen molar-refractivity contribution in [1.29, 1.82) is 0 Å². The van der Waals surface area contributed by atoms with Crippen molar-refractivity contribution in [1.82, 2.24) is 0 Å². The van der Waals surface area contributed by atoms with Gasteiger partial charge in [0.1, 0.15) is 0 Å². The van der Waals surface area contributed by atoms with Crippen LogP contribution in [-0.4, -0.2) is 11.6 Å². The van der Waals surface area contributed by atoms with Gasteiger partial charge in [0.15, 0.2) is 0 Å². The van der Waals surface area contributed by atoms with Crippen LogP contribution in [0.25, 0.3) is 0 Å². The van der Waals surface area contributed by atoms with Crippen LogP contribution in [0, 0.1) is 0 Å². The van der Waals surface area contributed by atoms with E-state index in [0.717, 1.165) is 11.6 Å². The Hall–Kier alpha value is 0.380. The molecule has 0 saturated heterocycles. The first-order chi connectivity index (χ1) is 2.91. The number of thioether (sulfide) groups is 1. The van der Waals surface area contributed by atoms with Gasteiger partial charge in [-0.2, -0.15) is 0 Å². The third kappa shape index (κ3) is 4.38. The highest BCUT2D eigenvalue weighted by Gasteiger charge is 1.73. The molecule has 0 nitrogen and oxygen atoms in total. The molecule has 0 amide bonds. The van der Waals surface area contributed by atoms with Crippen LogP contribution in [0.4, 0.5) is 0 Å². The smallest absolute Gasteiger partial charge is 0.0317 e. The lowest BCUT2D eigenvalue weighted by Gasteiger charge is -1.80. The van der Waals surface area contributed by atoms with E-state index in [2.05, 4.69) is 6.58 Å². The molecule has 0 unspecified atom stereocenters. The van der Waals surface area contributed by atoms with Crippen molar-refractivity contribution >= 4 is 23.4 Å². The Balaban J connectivity index is 2.49. The Kier molecular flexibility index (Phi) is 5.72. The Morgan fingerprint density at radius 3 is 2.67 bits per heavy atom. The summed E-state index contributed by atoms with van der Waals surface area (Å²) in [5.41, 5.74) is 0. The molecule has 0 heterocycles. The zero-order valence-corrected chi connectivity index (χ0v) is 5.06. The number of alkyl halides is 1. The van der Waals surface area contributed by atoms with Gasteiger partial charge in [0.2, 0.25) is 0 Å². The SMILES string of the molecule is C=CSCCCl. The van der Waals surface area contributed by atoms with Crippen molar-refractivity contribution in [3.05, 3.63) is 12.0 Å². The topological polar surface area (TPSA) is 0 Å². The van der Waals surface area contributed by atoms with E-state index >= 15 is 0 Å². The fourth-order valence-corrected chi connectivity index (χ4v) is 0.651. The van der Waals surface area contributed by atoms with Crippen LogP contribution in [0.2, 0.25) is 0 Å². The maximum atomic E-state index is 5.31. The van der Waals surface area contributed by atoms with Crippen LogP contribution < -0.4 is 0 Å². The lowest BCUT2D eigenvalue weighted by molar-refractivity contribution is 1.55. The third-order valence-electron chi connectivity index (χ3n) is 0.313. The van der Waals surface area contributed by atoms with Crippen LogP contribution in [0.5, 0.6) is 0 Å². The fourth-order valence-electron chi connectivity index (χ4n) is 0.128. The summed E-state index contributed by atoms with van der Waals surface area (Å²) in [7, 11) is 0. The second kappa shape index (κ2) is 5.38. The minimum Gasteiger partial charge on any atom is -0.134 e. The molecule has 0 aliphatic rings. The summed E-state index contributed by atoms with van der Waals surface area (Å²) in [4.78, 5) is 0. The van der Waals surface area contributed by atoms with Gasteiger partial charge in [-0.15, -0.1) is 23.4 Å². The van der Waals surface area contributed by atoms with E-state index in [0.29, 0.717) is 0 Å².